The molecule has 0 saturated carbocycles. The van der Waals surface area contributed by atoms with Crippen molar-refractivity contribution in [2.24, 2.45) is 0 Å². The molecular weight excluding hydrogens is 154 g/mol. The van der Waals surface area contributed by atoms with Gasteiger partial charge in [-0.2, -0.15) is 0 Å². The first-order chi connectivity index (χ1) is 5.43. The van der Waals surface area contributed by atoms with Crippen molar-refractivity contribution in [1.82, 2.24) is 5.32 Å². The van der Waals surface area contributed by atoms with E-state index >= 15 is 0 Å². The first-order valence-electron chi connectivity index (χ1n) is 3.64. The summed E-state index contributed by atoms with van der Waals surface area (Å²) in [5.74, 6) is 0. The fourth-order valence-electron chi connectivity index (χ4n) is 0.920. The van der Waals surface area contributed by atoms with E-state index in [2.05, 4.69) is 29.7 Å². The minimum absolute atomic E-state index is 0.924. The normalized spacial score (nSPS) is 9.09. The van der Waals surface area contributed by atoms with Crippen molar-refractivity contribution >= 4 is 17.7 Å². The molecule has 2 heteroatoms. The van der Waals surface area contributed by atoms with Crippen LogP contribution in [0.3, 0.4) is 0 Å². The van der Waals surface area contributed by atoms with Gasteiger partial charge in [0.1, 0.15) is 0 Å². The van der Waals surface area contributed by atoms with Gasteiger partial charge in [0.2, 0.25) is 0 Å². The van der Waals surface area contributed by atoms with Crippen molar-refractivity contribution in [3.63, 3.8) is 0 Å². The molecule has 11 heavy (non-hydrogen) atoms. The van der Waals surface area contributed by atoms with Crippen LogP contribution in [0.2, 0.25) is 0 Å². The summed E-state index contributed by atoms with van der Waals surface area (Å²) in [7, 11) is 0. The van der Waals surface area contributed by atoms with Gasteiger partial charge in [0, 0.05) is 6.54 Å². The lowest BCUT2D eigenvalue weighted by atomic mass is 10.2. The molecule has 1 rings (SSSR count). The van der Waals surface area contributed by atoms with Gasteiger partial charge in [-0.3, -0.25) is 0 Å². The van der Waals surface area contributed by atoms with E-state index in [4.69, 9.17) is 0 Å². The van der Waals surface area contributed by atoms with Crippen LogP contribution in [0.15, 0.2) is 30.3 Å². The monoisotopic (exact) mass is 165 g/mol. The highest BCUT2D eigenvalue weighted by molar-refractivity contribution is 7.78. The van der Waals surface area contributed by atoms with Gasteiger partial charge in [-0.15, -0.1) is 0 Å². The van der Waals surface area contributed by atoms with Crippen LogP contribution in [-0.2, 0) is 6.42 Å². The third-order valence-corrected chi connectivity index (χ3v) is 1.65. The third kappa shape index (κ3) is 3.14. The van der Waals surface area contributed by atoms with E-state index in [0.29, 0.717) is 0 Å². The van der Waals surface area contributed by atoms with E-state index in [9.17, 15) is 0 Å². The van der Waals surface area contributed by atoms with Gasteiger partial charge < -0.3 is 5.32 Å². The maximum Gasteiger partial charge on any atom is 0.0614 e. The Kier molecular flexibility index (Phi) is 3.62. The Morgan fingerprint density at radius 2 is 2.00 bits per heavy atom. The SMILES string of the molecule is S=CNCCc1ccccc1. The van der Waals surface area contributed by atoms with Crippen molar-refractivity contribution in [3.8, 4) is 0 Å². The highest BCUT2D eigenvalue weighted by Crippen LogP contribution is 1.97. The molecule has 0 fully saturated rings. The van der Waals surface area contributed by atoms with Crippen LogP contribution in [0.1, 0.15) is 5.56 Å². The standard InChI is InChI=1S/C9H11NS/c11-8-10-7-6-9-4-2-1-3-5-9/h1-5,8H,6-7H2,(H,10,11). The van der Waals surface area contributed by atoms with Crippen LogP contribution in [0.25, 0.3) is 0 Å². The lowest BCUT2D eigenvalue weighted by molar-refractivity contribution is 0.886. The van der Waals surface area contributed by atoms with Crippen molar-refractivity contribution < 1.29 is 0 Å². The van der Waals surface area contributed by atoms with Crippen LogP contribution in [0, 0.1) is 0 Å². The Labute approximate surface area is 72.4 Å². The molecule has 0 unspecified atom stereocenters. The summed E-state index contributed by atoms with van der Waals surface area (Å²) >= 11 is 4.63. The minimum Gasteiger partial charge on any atom is -0.382 e. The highest BCUT2D eigenvalue weighted by atomic mass is 32.1. The Morgan fingerprint density at radius 1 is 1.27 bits per heavy atom. The van der Waals surface area contributed by atoms with Crippen LogP contribution in [0.4, 0.5) is 0 Å². The second-order valence-electron chi connectivity index (χ2n) is 2.31. The van der Waals surface area contributed by atoms with Crippen molar-refractivity contribution in [3.05, 3.63) is 35.9 Å². The first kappa shape index (κ1) is 8.21. The van der Waals surface area contributed by atoms with Gasteiger partial charge in [-0.1, -0.05) is 42.5 Å². The molecule has 1 N–H and O–H groups in total. The molecule has 0 aromatic heterocycles. The lowest BCUT2D eigenvalue weighted by Crippen LogP contribution is -2.13. The van der Waals surface area contributed by atoms with Crippen LogP contribution >= 0.6 is 12.2 Å². The van der Waals surface area contributed by atoms with E-state index in [1.807, 2.05) is 18.2 Å². The molecule has 0 amide bonds. The molecule has 0 saturated heterocycles. The maximum atomic E-state index is 4.63. The van der Waals surface area contributed by atoms with Crippen LogP contribution < -0.4 is 5.32 Å². The largest absolute Gasteiger partial charge is 0.382 e. The molecule has 0 heterocycles. The summed E-state index contributed by atoms with van der Waals surface area (Å²) < 4.78 is 0. The van der Waals surface area contributed by atoms with Gasteiger partial charge in [0.25, 0.3) is 0 Å². The predicted molar refractivity (Wildman–Crippen MR) is 51.8 cm³/mol. The fraction of sp³-hybridized carbons (Fsp3) is 0.222. The van der Waals surface area contributed by atoms with Gasteiger partial charge in [0.05, 0.1) is 5.49 Å². The average Bonchev–Trinajstić information content (AvgIpc) is 2.07. The van der Waals surface area contributed by atoms with E-state index in [0.717, 1.165) is 13.0 Å². The van der Waals surface area contributed by atoms with E-state index < -0.39 is 0 Å². The van der Waals surface area contributed by atoms with Gasteiger partial charge in [-0.25, -0.2) is 0 Å². The molecule has 0 spiro atoms. The Balaban J connectivity index is 2.33. The lowest BCUT2D eigenvalue weighted by Gasteiger charge is -1.99. The summed E-state index contributed by atoms with van der Waals surface area (Å²) in [6, 6.07) is 10.4. The van der Waals surface area contributed by atoms with E-state index in [1.54, 1.807) is 5.49 Å². The third-order valence-electron chi connectivity index (χ3n) is 1.48. The molecule has 0 radical (unpaired) electrons. The zero-order chi connectivity index (χ0) is 7.94. The average molecular weight is 165 g/mol. The molecule has 58 valence electrons. The second kappa shape index (κ2) is 4.85. The predicted octanol–water partition coefficient (Wildman–Crippen LogP) is 1.78. The summed E-state index contributed by atoms with van der Waals surface area (Å²) in [6.45, 7) is 0.924. The van der Waals surface area contributed by atoms with Crippen LogP contribution in [0.5, 0.6) is 0 Å². The summed E-state index contributed by atoms with van der Waals surface area (Å²) in [5, 5.41) is 2.99. The summed E-state index contributed by atoms with van der Waals surface area (Å²) in [4.78, 5) is 0. The molecule has 1 aromatic carbocycles. The van der Waals surface area contributed by atoms with E-state index in [1.165, 1.54) is 5.56 Å². The van der Waals surface area contributed by atoms with Gasteiger partial charge in [-0.05, 0) is 12.0 Å². The molecule has 1 nitrogen and oxygen atoms in total. The van der Waals surface area contributed by atoms with E-state index in [-0.39, 0.29) is 0 Å². The fourth-order valence-corrected chi connectivity index (χ4v) is 1.04. The second-order valence-corrected chi connectivity index (χ2v) is 2.54. The number of thiocarbonyl (C=S) groups is 1. The number of hydrogen-bond donors (Lipinski definition) is 1. The first-order valence-corrected chi connectivity index (χ1v) is 4.11. The highest BCUT2D eigenvalue weighted by Gasteiger charge is 1.87. The molecule has 1 aromatic rings. The molecule has 0 atom stereocenters. The Bertz CT molecular complexity index is 208. The number of benzene rings is 1. The van der Waals surface area contributed by atoms with Crippen molar-refractivity contribution in [2.75, 3.05) is 6.54 Å². The molecule has 0 aliphatic heterocycles. The smallest absolute Gasteiger partial charge is 0.0614 e. The molecular formula is C9H11NS. The number of rotatable bonds is 4. The zero-order valence-corrected chi connectivity index (χ0v) is 7.10. The van der Waals surface area contributed by atoms with Gasteiger partial charge in [0.15, 0.2) is 0 Å². The quantitative estimate of drug-likeness (QED) is 0.539. The van der Waals surface area contributed by atoms with Crippen molar-refractivity contribution in [2.45, 2.75) is 6.42 Å². The minimum atomic E-state index is 0.924. The maximum absolute atomic E-state index is 4.63. The topological polar surface area (TPSA) is 12.0 Å². The molecule has 0 bridgehead atoms. The molecule has 0 aliphatic rings. The number of hydrogen-bond acceptors (Lipinski definition) is 1. The summed E-state index contributed by atoms with van der Waals surface area (Å²) in [6.07, 6.45) is 1.04. The zero-order valence-electron chi connectivity index (χ0n) is 6.29. The summed E-state index contributed by atoms with van der Waals surface area (Å²) in [5.41, 5.74) is 2.90. The van der Waals surface area contributed by atoms with Crippen molar-refractivity contribution in [1.29, 1.82) is 0 Å². The Hall–Kier alpha value is -0.890. The molecule has 0 aliphatic carbocycles. The number of nitrogens with one attached hydrogen (secondary N) is 1. The van der Waals surface area contributed by atoms with Gasteiger partial charge >= 0.3 is 0 Å². The Morgan fingerprint density at radius 3 is 2.64 bits per heavy atom. The van der Waals surface area contributed by atoms with Crippen LogP contribution in [-0.4, -0.2) is 12.0 Å².